The summed E-state index contributed by atoms with van der Waals surface area (Å²) >= 11 is 0. The second-order valence-corrected chi connectivity index (χ2v) is 6.34. The number of hydrogen-bond acceptors (Lipinski definition) is 4. The van der Waals surface area contributed by atoms with Gasteiger partial charge in [-0.2, -0.15) is 5.10 Å². The van der Waals surface area contributed by atoms with Crippen LogP contribution in [0.15, 0.2) is 55.1 Å². The van der Waals surface area contributed by atoms with E-state index in [9.17, 15) is 4.39 Å². The molecule has 0 bridgehead atoms. The van der Waals surface area contributed by atoms with Crippen LogP contribution in [0, 0.1) is 5.82 Å². The highest BCUT2D eigenvalue weighted by Gasteiger charge is 2.14. The van der Waals surface area contributed by atoms with Crippen LogP contribution in [0.3, 0.4) is 0 Å². The third-order valence-electron chi connectivity index (χ3n) is 4.65. The van der Waals surface area contributed by atoms with Crippen LogP contribution in [0.4, 0.5) is 10.1 Å². The standard InChI is InChI=1S/C19H20FN5/c1-23-8-10-24(11-9-23)16-2-4-17(5-3-16)25-14-15(12-22-25)18-6-7-21-13-19(18)20/h2-7,12-14H,8-11H2,1H3. The molecule has 1 aliphatic heterocycles. The number of nitrogens with zero attached hydrogens (tertiary/aromatic N) is 5. The minimum absolute atomic E-state index is 0.340. The molecule has 2 aromatic heterocycles. The molecule has 0 N–H and O–H groups in total. The molecular formula is C19H20FN5. The fraction of sp³-hybridized carbons (Fsp3) is 0.263. The third kappa shape index (κ3) is 3.25. The van der Waals surface area contributed by atoms with Crippen LogP contribution in [0.25, 0.3) is 16.8 Å². The summed E-state index contributed by atoms with van der Waals surface area (Å²) in [5, 5.41) is 4.37. The van der Waals surface area contributed by atoms with E-state index < -0.39 is 0 Å². The molecule has 1 aromatic carbocycles. The maximum Gasteiger partial charge on any atom is 0.149 e. The topological polar surface area (TPSA) is 37.2 Å². The van der Waals surface area contributed by atoms with Crippen molar-refractivity contribution in [3.05, 3.63) is 60.9 Å². The Labute approximate surface area is 146 Å². The zero-order valence-corrected chi connectivity index (χ0v) is 14.1. The number of benzene rings is 1. The smallest absolute Gasteiger partial charge is 0.149 e. The molecule has 4 rings (SSSR count). The van der Waals surface area contributed by atoms with Crippen LogP contribution in [-0.4, -0.2) is 52.9 Å². The number of hydrogen-bond donors (Lipinski definition) is 0. The maximum atomic E-state index is 13.9. The van der Waals surface area contributed by atoms with Gasteiger partial charge in [0.1, 0.15) is 5.82 Å². The first-order chi connectivity index (χ1) is 12.2. The van der Waals surface area contributed by atoms with E-state index in [0.717, 1.165) is 37.4 Å². The van der Waals surface area contributed by atoms with Gasteiger partial charge in [-0.15, -0.1) is 0 Å². The molecule has 0 unspecified atom stereocenters. The summed E-state index contributed by atoms with van der Waals surface area (Å²) in [6.45, 7) is 4.26. The summed E-state index contributed by atoms with van der Waals surface area (Å²) in [5.41, 5.74) is 3.43. The van der Waals surface area contributed by atoms with Gasteiger partial charge in [0, 0.05) is 55.4 Å². The molecule has 6 heteroatoms. The van der Waals surface area contributed by atoms with E-state index >= 15 is 0 Å². The Balaban J connectivity index is 1.54. The molecule has 3 heterocycles. The molecule has 0 radical (unpaired) electrons. The second kappa shape index (κ2) is 6.64. The molecule has 0 atom stereocenters. The fourth-order valence-electron chi connectivity index (χ4n) is 3.09. The van der Waals surface area contributed by atoms with E-state index in [0.29, 0.717) is 5.56 Å². The lowest BCUT2D eigenvalue weighted by molar-refractivity contribution is 0.313. The van der Waals surface area contributed by atoms with Gasteiger partial charge >= 0.3 is 0 Å². The van der Waals surface area contributed by atoms with Crippen molar-refractivity contribution in [2.45, 2.75) is 0 Å². The highest BCUT2D eigenvalue weighted by atomic mass is 19.1. The Bertz CT molecular complexity index is 850. The lowest BCUT2D eigenvalue weighted by Gasteiger charge is -2.34. The largest absolute Gasteiger partial charge is 0.369 e. The molecule has 0 saturated carbocycles. The molecule has 0 spiro atoms. The minimum Gasteiger partial charge on any atom is -0.369 e. The van der Waals surface area contributed by atoms with E-state index in [1.54, 1.807) is 23.1 Å². The molecule has 1 aliphatic rings. The number of aromatic nitrogens is 3. The number of rotatable bonds is 3. The van der Waals surface area contributed by atoms with E-state index in [1.807, 2.05) is 18.3 Å². The van der Waals surface area contributed by atoms with E-state index in [1.165, 1.54) is 11.9 Å². The zero-order chi connectivity index (χ0) is 17.2. The molecule has 0 aliphatic carbocycles. The van der Waals surface area contributed by atoms with Crippen molar-refractivity contribution >= 4 is 5.69 Å². The van der Waals surface area contributed by atoms with E-state index in [4.69, 9.17) is 0 Å². The number of likely N-dealkylation sites (N-methyl/N-ethyl adjacent to an activating group) is 1. The van der Waals surface area contributed by atoms with Crippen LogP contribution < -0.4 is 4.90 Å². The summed E-state index contributed by atoms with van der Waals surface area (Å²) < 4.78 is 15.6. The lowest BCUT2D eigenvalue weighted by atomic mass is 10.1. The minimum atomic E-state index is -0.340. The van der Waals surface area contributed by atoms with Crippen molar-refractivity contribution in [2.24, 2.45) is 0 Å². The second-order valence-electron chi connectivity index (χ2n) is 6.34. The van der Waals surface area contributed by atoms with Gasteiger partial charge in [0.15, 0.2) is 0 Å². The molecule has 1 saturated heterocycles. The van der Waals surface area contributed by atoms with E-state index in [2.05, 4.69) is 39.1 Å². The van der Waals surface area contributed by atoms with Crippen molar-refractivity contribution in [3.8, 4) is 16.8 Å². The summed E-state index contributed by atoms with van der Waals surface area (Å²) in [6, 6.07) is 10.00. The van der Waals surface area contributed by atoms with Crippen molar-refractivity contribution in [1.82, 2.24) is 19.7 Å². The first-order valence-electron chi connectivity index (χ1n) is 8.39. The van der Waals surface area contributed by atoms with Crippen molar-refractivity contribution in [1.29, 1.82) is 0 Å². The van der Waals surface area contributed by atoms with Gasteiger partial charge in [0.25, 0.3) is 0 Å². The average Bonchev–Trinajstić information content (AvgIpc) is 3.13. The number of piperazine rings is 1. The number of anilines is 1. The lowest BCUT2D eigenvalue weighted by Crippen LogP contribution is -2.44. The predicted octanol–water partition coefficient (Wildman–Crippen LogP) is 2.83. The molecule has 1 fully saturated rings. The third-order valence-corrected chi connectivity index (χ3v) is 4.65. The maximum absolute atomic E-state index is 13.9. The number of pyridine rings is 1. The Morgan fingerprint density at radius 1 is 0.920 bits per heavy atom. The van der Waals surface area contributed by atoms with Crippen molar-refractivity contribution in [3.63, 3.8) is 0 Å². The van der Waals surface area contributed by atoms with Gasteiger partial charge < -0.3 is 9.80 Å². The summed E-state index contributed by atoms with van der Waals surface area (Å²) in [5.74, 6) is -0.340. The zero-order valence-electron chi connectivity index (χ0n) is 14.1. The van der Waals surface area contributed by atoms with Gasteiger partial charge in [0.2, 0.25) is 0 Å². The SMILES string of the molecule is CN1CCN(c2ccc(-n3cc(-c4ccncc4F)cn3)cc2)CC1. The fourth-order valence-corrected chi connectivity index (χ4v) is 3.09. The average molecular weight is 337 g/mol. The summed E-state index contributed by atoms with van der Waals surface area (Å²) in [7, 11) is 2.15. The Hall–Kier alpha value is -2.73. The van der Waals surface area contributed by atoms with Gasteiger partial charge in [-0.3, -0.25) is 4.98 Å². The van der Waals surface area contributed by atoms with Gasteiger partial charge in [-0.25, -0.2) is 9.07 Å². The summed E-state index contributed by atoms with van der Waals surface area (Å²) in [4.78, 5) is 8.52. The van der Waals surface area contributed by atoms with Gasteiger partial charge in [-0.05, 0) is 37.4 Å². The van der Waals surface area contributed by atoms with Crippen LogP contribution in [0.5, 0.6) is 0 Å². The Kier molecular flexibility index (Phi) is 4.19. The highest BCUT2D eigenvalue weighted by Crippen LogP contribution is 2.23. The van der Waals surface area contributed by atoms with Crippen molar-refractivity contribution in [2.75, 3.05) is 38.1 Å². The van der Waals surface area contributed by atoms with Gasteiger partial charge in [0.05, 0.1) is 18.1 Å². The summed E-state index contributed by atoms with van der Waals surface area (Å²) in [6.07, 6.45) is 6.31. The molecule has 0 amide bonds. The van der Waals surface area contributed by atoms with Crippen LogP contribution >= 0.6 is 0 Å². The van der Waals surface area contributed by atoms with Crippen molar-refractivity contribution < 1.29 is 4.39 Å². The quantitative estimate of drug-likeness (QED) is 0.736. The molecule has 128 valence electrons. The monoisotopic (exact) mass is 337 g/mol. The molecule has 5 nitrogen and oxygen atoms in total. The number of halogens is 1. The molecule has 3 aromatic rings. The van der Waals surface area contributed by atoms with E-state index in [-0.39, 0.29) is 5.82 Å². The molecular weight excluding hydrogens is 317 g/mol. The first kappa shape index (κ1) is 15.8. The van der Waals surface area contributed by atoms with Crippen LogP contribution in [0.2, 0.25) is 0 Å². The first-order valence-corrected chi connectivity index (χ1v) is 8.39. The highest BCUT2D eigenvalue weighted by molar-refractivity contribution is 5.62. The normalized spacial score (nSPS) is 15.5. The van der Waals surface area contributed by atoms with Crippen LogP contribution in [0.1, 0.15) is 0 Å². The van der Waals surface area contributed by atoms with Gasteiger partial charge in [-0.1, -0.05) is 0 Å². The molecule has 25 heavy (non-hydrogen) atoms. The predicted molar refractivity (Wildman–Crippen MR) is 96.5 cm³/mol. The Morgan fingerprint density at radius 3 is 2.36 bits per heavy atom. The van der Waals surface area contributed by atoms with Crippen LogP contribution in [-0.2, 0) is 0 Å². The Morgan fingerprint density at radius 2 is 1.64 bits per heavy atom.